The number of hydrogen-bond donors (Lipinski definition) is 4. The molecule has 2 rings (SSSR count). The fourth-order valence-electron chi connectivity index (χ4n) is 2.23. The zero-order chi connectivity index (χ0) is 17.5. The number of H-pyrrole nitrogens is 1. The molecule has 0 aliphatic rings. The number of rotatable bonds is 7. The summed E-state index contributed by atoms with van der Waals surface area (Å²) in [5.41, 5.74) is 0.172. The molecule has 1 aromatic heterocycles. The zero-order valence-electron chi connectivity index (χ0n) is 13.3. The molecular weight excluding hydrogens is 312 g/mol. The van der Waals surface area contributed by atoms with Gasteiger partial charge in [-0.05, 0) is 13.0 Å². The molecule has 0 bridgehead atoms. The minimum absolute atomic E-state index is 0.00591. The van der Waals surface area contributed by atoms with Gasteiger partial charge in [0.1, 0.15) is 0 Å². The summed E-state index contributed by atoms with van der Waals surface area (Å²) in [6, 6.07) is 6.61. The molecule has 8 heteroatoms. The van der Waals surface area contributed by atoms with E-state index in [4.69, 9.17) is 5.11 Å². The molecule has 24 heavy (non-hydrogen) atoms. The van der Waals surface area contributed by atoms with E-state index in [1.54, 1.807) is 31.2 Å². The van der Waals surface area contributed by atoms with E-state index in [1.165, 1.54) is 0 Å². The lowest BCUT2D eigenvalue weighted by Crippen LogP contribution is -2.37. The normalized spacial score (nSPS) is 11.9. The Morgan fingerprint density at radius 2 is 1.96 bits per heavy atom. The van der Waals surface area contributed by atoms with Crippen LogP contribution in [0.1, 0.15) is 19.0 Å². The molecular formula is C16H20N4O4. The standard InChI is InChI=1S/C16H20N4O4/c1-10(9-21)18-14(22)6-7-17-15(23)8-13-11-4-2-3-5-12(11)16(24)20-19-13/h2-5,10,21H,6-9H2,1H3,(H,17,23)(H,18,22)(H,20,24). The molecule has 1 aromatic carbocycles. The summed E-state index contributed by atoms with van der Waals surface area (Å²) in [6.07, 6.45) is 0.127. The molecule has 0 aliphatic heterocycles. The van der Waals surface area contributed by atoms with E-state index in [-0.39, 0.29) is 49.4 Å². The van der Waals surface area contributed by atoms with Gasteiger partial charge < -0.3 is 15.7 Å². The van der Waals surface area contributed by atoms with E-state index in [2.05, 4.69) is 20.8 Å². The summed E-state index contributed by atoms with van der Waals surface area (Å²) in [5, 5.41) is 21.5. The van der Waals surface area contributed by atoms with Crippen molar-refractivity contribution in [3.05, 3.63) is 40.3 Å². The summed E-state index contributed by atoms with van der Waals surface area (Å²) in [4.78, 5) is 35.2. The van der Waals surface area contributed by atoms with Crippen molar-refractivity contribution in [3.8, 4) is 0 Å². The lowest BCUT2D eigenvalue weighted by molar-refractivity contribution is -0.122. The Labute approximate surface area is 138 Å². The molecule has 2 aromatic rings. The molecule has 0 saturated carbocycles. The van der Waals surface area contributed by atoms with Gasteiger partial charge in [0.15, 0.2) is 0 Å². The Morgan fingerprint density at radius 3 is 2.67 bits per heavy atom. The average molecular weight is 332 g/mol. The first-order valence-electron chi connectivity index (χ1n) is 7.64. The number of aromatic nitrogens is 2. The second-order valence-electron chi connectivity index (χ2n) is 5.47. The van der Waals surface area contributed by atoms with Crippen LogP contribution in [0.4, 0.5) is 0 Å². The van der Waals surface area contributed by atoms with E-state index in [0.29, 0.717) is 16.5 Å². The van der Waals surface area contributed by atoms with E-state index in [9.17, 15) is 14.4 Å². The number of amides is 2. The van der Waals surface area contributed by atoms with Gasteiger partial charge in [-0.15, -0.1) is 0 Å². The summed E-state index contributed by atoms with van der Waals surface area (Å²) in [5.74, 6) is -0.535. The fourth-order valence-corrected chi connectivity index (χ4v) is 2.23. The van der Waals surface area contributed by atoms with E-state index in [0.717, 1.165) is 0 Å². The smallest absolute Gasteiger partial charge is 0.272 e. The minimum Gasteiger partial charge on any atom is -0.394 e. The van der Waals surface area contributed by atoms with Crippen LogP contribution in [0.3, 0.4) is 0 Å². The second-order valence-corrected chi connectivity index (χ2v) is 5.47. The van der Waals surface area contributed by atoms with Crippen LogP contribution in [-0.4, -0.2) is 46.3 Å². The molecule has 0 aliphatic carbocycles. The number of carbonyl (C=O) groups excluding carboxylic acids is 2. The van der Waals surface area contributed by atoms with Gasteiger partial charge in [-0.1, -0.05) is 18.2 Å². The number of benzene rings is 1. The van der Waals surface area contributed by atoms with Crippen molar-refractivity contribution in [3.63, 3.8) is 0 Å². The number of carbonyl (C=O) groups is 2. The topological polar surface area (TPSA) is 124 Å². The van der Waals surface area contributed by atoms with Gasteiger partial charge in [0.25, 0.3) is 5.56 Å². The third-order valence-electron chi connectivity index (χ3n) is 3.46. The Kier molecular flexibility index (Phi) is 6.02. The lowest BCUT2D eigenvalue weighted by Gasteiger charge is -2.11. The summed E-state index contributed by atoms with van der Waals surface area (Å²) < 4.78 is 0. The predicted octanol–water partition coefficient (Wildman–Crippen LogP) is -0.531. The highest BCUT2D eigenvalue weighted by Gasteiger charge is 2.11. The first kappa shape index (κ1) is 17.6. The van der Waals surface area contributed by atoms with Crippen LogP contribution < -0.4 is 16.2 Å². The molecule has 2 amide bonds. The zero-order valence-corrected chi connectivity index (χ0v) is 13.3. The quantitative estimate of drug-likeness (QED) is 0.542. The number of nitrogens with one attached hydrogen (secondary N) is 3. The van der Waals surface area contributed by atoms with Gasteiger partial charge >= 0.3 is 0 Å². The molecule has 0 saturated heterocycles. The minimum atomic E-state index is -0.315. The van der Waals surface area contributed by atoms with Crippen molar-refractivity contribution >= 4 is 22.6 Å². The first-order chi connectivity index (χ1) is 11.5. The van der Waals surface area contributed by atoms with Crippen molar-refractivity contribution in [2.45, 2.75) is 25.8 Å². The van der Waals surface area contributed by atoms with Gasteiger partial charge in [0, 0.05) is 24.4 Å². The number of hydrogen-bond acceptors (Lipinski definition) is 5. The average Bonchev–Trinajstić information content (AvgIpc) is 2.57. The highest BCUT2D eigenvalue weighted by Crippen LogP contribution is 2.12. The molecule has 0 fully saturated rings. The number of aliphatic hydroxyl groups is 1. The van der Waals surface area contributed by atoms with E-state index >= 15 is 0 Å². The van der Waals surface area contributed by atoms with Crippen LogP contribution in [-0.2, 0) is 16.0 Å². The Morgan fingerprint density at radius 1 is 1.25 bits per heavy atom. The maximum Gasteiger partial charge on any atom is 0.272 e. The number of nitrogens with zero attached hydrogens (tertiary/aromatic N) is 1. The molecule has 1 atom stereocenters. The summed E-state index contributed by atoms with van der Waals surface area (Å²) in [6.45, 7) is 1.73. The van der Waals surface area contributed by atoms with Gasteiger partial charge in [-0.2, -0.15) is 5.10 Å². The maximum absolute atomic E-state index is 12.0. The summed E-state index contributed by atoms with van der Waals surface area (Å²) >= 11 is 0. The van der Waals surface area contributed by atoms with Crippen molar-refractivity contribution in [1.29, 1.82) is 0 Å². The Hall–Kier alpha value is -2.74. The van der Waals surface area contributed by atoms with E-state index in [1.807, 2.05) is 0 Å². The Bertz CT molecular complexity index is 787. The first-order valence-corrected chi connectivity index (χ1v) is 7.64. The highest BCUT2D eigenvalue weighted by atomic mass is 16.3. The molecule has 8 nitrogen and oxygen atoms in total. The predicted molar refractivity (Wildman–Crippen MR) is 88.4 cm³/mol. The highest BCUT2D eigenvalue weighted by molar-refractivity contribution is 5.88. The van der Waals surface area contributed by atoms with Crippen molar-refractivity contribution in [2.24, 2.45) is 0 Å². The Balaban J connectivity index is 1.91. The van der Waals surface area contributed by atoms with Crippen molar-refractivity contribution in [1.82, 2.24) is 20.8 Å². The molecule has 1 heterocycles. The lowest BCUT2D eigenvalue weighted by atomic mass is 10.1. The summed E-state index contributed by atoms with van der Waals surface area (Å²) in [7, 11) is 0. The monoisotopic (exact) mass is 332 g/mol. The van der Waals surface area contributed by atoms with Gasteiger partial charge in [-0.3, -0.25) is 14.4 Å². The van der Waals surface area contributed by atoms with Crippen LogP contribution in [0.15, 0.2) is 29.1 Å². The molecule has 0 radical (unpaired) electrons. The number of aromatic amines is 1. The third kappa shape index (κ3) is 4.63. The van der Waals surface area contributed by atoms with Gasteiger partial charge in [0.05, 0.1) is 24.1 Å². The van der Waals surface area contributed by atoms with Crippen LogP contribution in [0.5, 0.6) is 0 Å². The third-order valence-corrected chi connectivity index (χ3v) is 3.46. The fraction of sp³-hybridized carbons (Fsp3) is 0.375. The molecule has 4 N–H and O–H groups in total. The van der Waals surface area contributed by atoms with Crippen molar-refractivity contribution in [2.75, 3.05) is 13.2 Å². The van der Waals surface area contributed by atoms with Crippen LogP contribution in [0, 0.1) is 0 Å². The number of aliphatic hydroxyl groups excluding tert-OH is 1. The van der Waals surface area contributed by atoms with Crippen LogP contribution in [0.25, 0.3) is 10.8 Å². The molecule has 128 valence electrons. The van der Waals surface area contributed by atoms with Gasteiger partial charge in [0.2, 0.25) is 11.8 Å². The van der Waals surface area contributed by atoms with Crippen LogP contribution in [0.2, 0.25) is 0 Å². The largest absolute Gasteiger partial charge is 0.394 e. The second kappa shape index (κ2) is 8.21. The SMILES string of the molecule is CC(CO)NC(=O)CCNC(=O)Cc1n[nH]c(=O)c2ccccc12. The van der Waals surface area contributed by atoms with Crippen molar-refractivity contribution < 1.29 is 14.7 Å². The number of fused-ring (bicyclic) bond motifs is 1. The van der Waals surface area contributed by atoms with Crippen LogP contribution >= 0.6 is 0 Å². The maximum atomic E-state index is 12.0. The van der Waals surface area contributed by atoms with E-state index < -0.39 is 0 Å². The molecule has 0 spiro atoms. The molecule has 1 unspecified atom stereocenters. The van der Waals surface area contributed by atoms with Gasteiger partial charge in [-0.25, -0.2) is 5.10 Å².